The van der Waals surface area contributed by atoms with Crippen LogP contribution in [0.1, 0.15) is 15.4 Å². The number of hydrogen-bond acceptors (Lipinski definition) is 4. The number of guanidine groups is 1. The Morgan fingerprint density at radius 1 is 1.28 bits per heavy atom. The van der Waals surface area contributed by atoms with Crippen molar-refractivity contribution in [3.05, 3.63) is 58.1 Å². The van der Waals surface area contributed by atoms with Gasteiger partial charge in [-0.3, -0.25) is 4.99 Å². The summed E-state index contributed by atoms with van der Waals surface area (Å²) in [5.41, 5.74) is 2.52. The maximum atomic E-state index is 4.39. The van der Waals surface area contributed by atoms with Crippen molar-refractivity contribution in [3.63, 3.8) is 0 Å². The smallest absolute Gasteiger partial charge is 0.191 e. The number of nitrogens with zero attached hydrogens (tertiary/aromatic N) is 3. The zero-order chi connectivity index (χ0) is 17.5. The lowest BCUT2D eigenvalue weighted by Crippen LogP contribution is -2.37. The number of hydrogen-bond donors (Lipinski definition) is 2. The van der Waals surface area contributed by atoms with Crippen molar-refractivity contribution in [2.45, 2.75) is 19.9 Å². The van der Waals surface area contributed by atoms with Gasteiger partial charge in [-0.1, -0.05) is 24.3 Å². The Morgan fingerprint density at radius 2 is 2.12 bits per heavy atom. The first-order valence-electron chi connectivity index (χ1n) is 8.59. The molecule has 0 atom stereocenters. The first kappa shape index (κ1) is 17.5. The molecule has 0 saturated carbocycles. The summed E-state index contributed by atoms with van der Waals surface area (Å²) in [6.07, 6.45) is 7.26. The summed E-state index contributed by atoms with van der Waals surface area (Å²) >= 11 is 1.75. The van der Waals surface area contributed by atoms with Crippen molar-refractivity contribution in [2.24, 2.45) is 4.99 Å². The van der Waals surface area contributed by atoms with Crippen LogP contribution in [0.5, 0.6) is 0 Å². The van der Waals surface area contributed by atoms with E-state index < -0.39 is 0 Å². The van der Waals surface area contributed by atoms with E-state index in [2.05, 4.69) is 68.9 Å². The second-order valence-electron chi connectivity index (χ2n) is 6.01. The van der Waals surface area contributed by atoms with E-state index in [0.29, 0.717) is 0 Å². The minimum absolute atomic E-state index is 0.755. The number of aliphatic imine (C=N–C) groups is 1. The van der Waals surface area contributed by atoms with Crippen molar-refractivity contribution in [1.82, 2.24) is 15.6 Å². The molecule has 2 N–H and O–H groups in total. The summed E-state index contributed by atoms with van der Waals surface area (Å²) in [4.78, 5) is 12.3. The van der Waals surface area contributed by atoms with Crippen molar-refractivity contribution in [2.75, 3.05) is 31.6 Å². The Hall–Kier alpha value is -2.34. The lowest BCUT2D eigenvalue weighted by molar-refractivity contribution is 0.791. The fourth-order valence-corrected chi connectivity index (χ4v) is 3.55. The molecule has 0 unspecified atom stereocenters. The standard InChI is InChI=1S/C19H25N5S/c1-15-13-22-18(25-15)8-9-21-19(20-2)23-14-16-6-5-7-17(12-16)24-10-3-4-11-24/h3-7,12-13H,8-11,14H2,1-2H3,(H2,20,21,23). The first-order valence-corrected chi connectivity index (χ1v) is 9.41. The Labute approximate surface area is 153 Å². The van der Waals surface area contributed by atoms with Gasteiger partial charge in [-0.2, -0.15) is 0 Å². The van der Waals surface area contributed by atoms with E-state index in [1.807, 2.05) is 6.20 Å². The van der Waals surface area contributed by atoms with Gasteiger partial charge in [0.25, 0.3) is 0 Å². The van der Waals surface area contributed by atoms with Crippen molar-refractivity contribution in [1.29, 1.82) is 0 Å². The van der Waals surface area contributed by atoms with Gasteiger partial charge < -0.3 is 15.5 Å². The van der Waals surface area contributed by atoms with Gasteiger partial charge in [0.2, 0.25) is 0 Å². The summed E-state index contributed by atoms with van der Waals surface area (Å²) in [5, 5.41) is 7.89. The van der Waals surface area contributed by atoms with Gasteiger partial charge in [-0.15, -0.1) is 11.3 Å². The molecule has 3 rings (SSSR count). The Bertz CT molecular complexity index is 742. The van der Waals surface area contributed by atoms with E-state index in [0.717, 1.165) is 43.6 Å². The molecule has 132 valence electrons. The van der Waals surface area contributed by atoms with E-state index in [1.54, 1.807) is 18.4 Å². The topological polar surface area (TPSA) is 52.6 Å². The molecule has 2 aromatic rings. The van der Waals surface area contributed by atoms with E-state index in [-0.39, 0.29) is 0 Å². The molecule has 0 spiro atoms. The van der Waals surface area contributed by atoms with E-state index in [4.69, 9.17) is 0 Å². The molecule has 0 bridgehead atoms. The van der Waals surface area contributed by atoms with Gasteiger partial charge in [-0.25, -0.2) is 4.98 Å². The molecular weight excluding hydrogens is 330 g/mol. The SMILES string of the molecule is CN=C(NCCc1ncc(C)s1)NCc1cccc(N2CC=CC2)c1. The minimum atomic E-state index is 0.755. The maximum absolute atomic E-state index is 4.39. The van der Waals surface area contributed by atoms with Gasteiger partial charge in [0.05, 0.1) is 5.01 Å². The van der Waals surface area contributed by atoms with Gasteiger partial charge in [0.1, 0.15) is 0 Å². The maximum Gasteiger partial charge on any atom is 0.191 e. The summed E-state index contributed by atoms with van der Waals surface area (Å²) < 4.78 is 0. The van der Waals surface area contributed by atoms with Crippen molar-refractivity contribution >= 4 is 23.0 Å². The summed E-state index contributed by atoms with van der Waals surface area (Å²) in [6.45, 7) is 5.66. The molecule has 1 aliphatic heterocycles. The van der Waals surface area contributed by atoms with Crippen LogP contribution in [0.2, 0.25) is 0 Å². The highest BCUT2D eigenvalue weighted by atomic mass is 32.1. The summed E-state index contributed by atoms with van der Waals surface area (Å²) in [5.74, 6) is 0.821. The zero-order valence-electron chi connectivity index (χ0n) is 14.8. The molecule has 2 heterocycles. The Morgan fingerprint density at radius 3 is 2.84 bits per heavy atom. The van der Waals surface area contributed by atoms with Crippen LogP contribution in [-0.2, 0) is 13.0 Å². The van der Waals surface area contributed by atoms with E-state index >= 15 is 0 Å². The molecule has 25 heavy (non-hydrogen) atoms. The van der Waals surface area contributed by atoms with Gasteiger partial charge in [0.15, 0.2) is 5.96 Å². The van der Waals surface area contributed by atoms with Gasteiger partial charge in [-0.05, 0) is 24.6 Å². The van der Waals surface area contributed by atoms with Crippen LogP contribution in [0.25, 0.3) is 0 Å². The highest BCUT2D eigenvalue weighted by Gasteiger charge is 2.08. The normalized spacial score (nSPS) is 14.2. The lowest BCUT2D eigenvalue weighted by Gasteiger charge is -2.19. The largest absolute Gasteiger partial charge is 0.364 e. The molecular formula is C19H25N5S. The fourth-order valence-electron chi connectivity index (χ4n) is 2.76. The second-order valence-corrected chi connectivity index (χ2v) is 7.33. The molecule has 1 aromatic heterocycles. The average molecular weight is 356 g/mol. The van der Waals surface area contributed by atoms with Crippen LogP contribution in [-0.4, -0.2) is 37.6 Å². The monoisotopic (exact) mass is 355 g/mol. The summed E-state index contributed by atoms with van der Waals surface area (Å²) in [6, 6.07) is 8.67. The van der Waals surface area contributed by atoms with Crippen LogP contribution in [0.3, 0.4) is 0 Å². The Kier molecular flexibility index (Phi) is 6.06. The highest BCUT2D eigenvalue weighted by Crippen LogP contribution is 2.18. The predicted molar refractivity (Wildman–Crippen MR) is 107 cm³/mol. The highest BCUT2D eigenvalue weighted by molar-refractivity contribution is 7.11. The third-order valence-electron chi connectivity index (χ3n) is 4.08. The third kappa shape index (κ3) is 5.06. The van der Waals surface area contributed by atoms with Crippen molar-refractivity contribution < 1.29 is 0 Å². The number of benzene rings is 1. The number of rotatable bonds is 6. The molecule has 0 aliphatic carbocycles. The van der Waals surface area contributed by atoms with Crippen molar-refractivity contribution in [3.8, 4) is 0 Å². The number of anilines is 1. The first-order chi connectivity index (χ1) is 12.2. The van der Waals surface area contributed by atoms with Crippen LogP contribution < -0.4 is 15.5 Å². The number of thiazole rings is 1. The lowest BCUT2D eigenvalue weighted by atomic mass is 10.2. The molecule has 0 fully saturated rings. The van der Waals surface area contributed by atoms with Gasteiger partial charge >= 0.3 is 0 Å². The minimum Gasteiger partial charge on any atom is -0.364 e. The van der Waals surface area contributed by atoms with Crippen LogP contribution in [0.15, 0.2) is 47.6 Å². The Balaban J connectivity index is 1.46. The molecule has 5 nitrogen and oxygen atoms in total. The van der Waals surface area contributed by atoms with E-state index in [9.17, 15) is 0 Å². The second kappa shape index (κ2) is 8.67. The van der Waals surface area contributed by atoms with Crippen LogP contribution in [0, 0.1) is 6.92 Å². The molecule has 6 heteroatoms. The van der Waals surface area contributed by atoms with Gasteiger partial charge in [0, 0.05) is 56.4 Å². The number of aryl methyl sites for hydroxylation is 1. The molecule has 1 aliphatic rings. The third-order valence-corrected chi connectivity index (χ3v) is 5.05. The predicted octanol–water partition coefficient (Wildman–Crippen LogP) is 2.74. The molecule has 0 radical (unpaired) electrons. The summed E-state index contributed by atoms with van der Waals surface area (Å²) in [7, 11) is 1.80. The molecule has 0 saturated heterocycles. The van der Waals surface area contributed by atoms with E-state index in [1.165, 1.54) is 16.1 Å². The average Bonchev–Trinajstić information content (AvgIpc) is 3.30. The zero-order valence-corrected chi connectivity index (χ0v) is 15.6. The fraction of sp³-hybridized carbons (Fsp3) is 0.368. The van der Waals surface area contributed by atoms with Crippen LogP contribution in [0.4, 0.5) is 5.69 Å². The molecule has 0 amide bonds. The quantitative estimate of drug-likeness (QED) is 0.475. The number of nitrogens with one attached hydrogen (secondary N) is 2. The molecule has 1 aromatic carbocycles. The van der Waals surface area contributed by atoms with Crippen LogP contribution >= 0.6 is 11.3 Å². The number of aromatic nitrogens is 1.